The molecular weight excluding hydrogens is 472 g/mol. The van der Waals surface area contributed by atoms with Crippen LogP contribution in [-0.4, -0.2) is 44.1 Å². The fourth-order valence-corrected chi connectivity index (χ4v) is 5.40. The van der Waals surface area contributed by atoms with Crippen molar-refractivity contribution < 1.29 is 14.3 Å². The summed E-state index contributed by atoms with van der Waals surface area (Å²) in [5.41, 5.74) is 2.45. The van der Waals surface area contributed by atoms with E-state index < -0.39 is 12.0 Å². The van der Waals surface area contributed by atoms with Crippen molar-refractivity contribution in [2.24, 2.45) is 0 Å². The Balaban J connectivity index is 1.49. The van der Waals surface area contributed by atoms with Gasteiger partial charge in [-0.15, -0.1) is 11.3 Å². The smallest absolute Gasteiger partial charge is 0.338 e. The molecule has 0 saturated heterocycles. The second-order valence-electron chi connectivity index (χ2n) is 7.26. The van der Waals surface area contributed by atoms with Crippen LogP contribution in [0.15, 0.2) is 76.7 Å². The number of benzene rings is 1. The minimum Gasteiger partial charge on any atom is -0.463 e. The van der Waals surface area contributed by atoms with Crippen LogP contribution in [0, 0.1) is 0 Å². The standard InChI is InChI=1S/C23H20N6O3S2/c1-2-32-22(30)18-16(27-23(31)28-19(18)17-9-6-10-33-17)12-34-21-15-11-26-29(20(15)24-13-25-21)14-7-4-3-5-8-14/h3-11,13,19H,2,12H2,1H3,(H2,27,28,31)/t19-/m1/s1. The number of nitrogens with one attached hydrogen (secondary N) is 2. The fraction of sp³-hybridized carbons (Fsp3) is 0.174. The molecule has 2 amide bonds. The zero-order chi connectivity index (χ0) is 23.5. The Morgan fingerprint density at radius 1 is 1.21 bits per heavy atom. The number of thiophene rings is 1. The van der Waals surface area contributed by atoms with Gasteiger partial charge in [0.1, 0.15) is 11.4 Å². The Morgan fingerprint density at radius 3 is 2.82 bits per heavy atom. The van der Waals surface area contributed by atoms with Gasteiger partial charge in [0.25, 0.3) is 0 Å². The number of nitrogens with zero attached hydrogens (tertiary/aromatic N) is 4. The van der Waals surface area contributed by atoms with E-state index in [4.69, 9.17) is 4.74 Å². The van der Waals surface area contributed by atoms with Gasteiger partial charge in [-0.05, 0) is 30.5 Å². The van der Waals surface area contributed by atoms with E-state index in [9.17, 15) is 9.59 Å². The summed E-state index contributed by atoms with van der Waals surface area (Å²) in [6.07, 6.45) is 3.21. The summed E-state index contributed by atoms with van der Waals surface area (Å²) in [7, 11) is 0. The SMILES string of the molecule is CCOC(=O)C1=C(CSc2ncnc3c2cnn3-c2ccccc2)NC(=O)N[C@@H]1c1cccs1. The molecule has 172 valence electrons. The van der Waals surface area contributed by atoms with Crippen LogP contribution in [-0.2, 0) is 9.53 Å². The quantitative estimate of drug-likeness (QED) is 0.229. The third-order valence-electron chi connectivity index (χ3n) is 5.16. The van der Waals surface area contributed by atoms with E-state index >= 15 is 0 Å². The first-order valence-corrected chi connectivity index (χ1v) is 12.4. The van der Waals surface area contributed by atoms with Gasteiger partial charge < -0.3 is 15.4 Å². The molecule has 0 saturated carbocycles. The lowest BCUT2D eigenvalue weighted by Gasteiger charge is -2.28. The van der Waals surface area contributed by atoms with E-state index in [1.165, 1.54) is 29.4 Å². The van der Waals surface area contributed by atoms with Crippen molar-refractivity contribution in [1.82, 2.24) is 30.4 Å². The number of carbonyl (C=O) groups is 2. The number of fused-ring (bicyclic) bond motifs is 1. The number of aromatic nitrogens is 4. The number of hydrogen-bond acceptors (Lipinski definition) is 8. The first kappa shape index (κ1) is 22.1. The Hall–Kier alpha value is -3.70. The maximum absolute atomic E-state index is 12.9. The van der Waals surface area contributed by atoms with Crippen LogP contribution >= 0.6 is 23.1 Å². The molecule has 0 unspecified atom stereocenters. The molecule has 1 atom stereocenters. The maximum Gasteiger partial charge on any atom is 0.338 e. The molecule has 4 heterocycles. The first-order chi connectivity index (χ1) is 16.7. The number of amides is 2. The van der Waals surface area contributed by atoms with Crippen LogP contribution in [0.1, 0.15) is 17.8 Å². The summed E-state index contributed by atoms with van der Waals surface area (Å²) in [4.78, 5) is 35.0. The number of thioether (sulfide) groups is 1. The average molecular weight is 493 g/mol. The third-order valence-corrected chi connectivity index (χ3v) is 7.13. The molecule has 0 radical (unpaired) electrons. The minimum absolute atomic E-state index is 0.235. The molecule has 0 bridgehead atoms. The van der Waals surface area contributed by atoms with Gasteiger partial charge in [0.05, 0.1) is 35.5 Å². The molecule has 0 spiro atoms. The van der Waals surface area contributed by atoms with Gasteiger partial charge in [-0.1, -0.05) is 36.0 Å². The van der Waals surface area contributed by atoms with Gasteiger partial charge in [-0.2, -0.15) is 5.10 Å². The molecule has 0 aliphatic carbocycles. The van der Waals surface area contributed by atoms with Crippen LogP contribution < -0.4 is 10.6 Å². The molecule has 1 aliphatic rings. The second kappa shape index (κ2) is 9.65. The topological polar surface area (TPSA) is 111 Å². The first-order valence-electron chi connectivity index (χ1n) is 10.5. The number of carbonyl (C=O) groups excluding carboxylic acids is 2. The van der Waals surface area contributed by atoms with E-state index in [1.54, 1.807) is 17.8 Å². The highest BCUT2D eigenvalue weighted by Gasteiger charge is 2.34. The highest BCUT2D eigenvalue weighted by molar-refractivity contribution is 7.99. The Bertz CT molecular complexity index is 1370. The zero-order valence-corrected chi connectivity index (χ0v) is 19.7. The number of hydrogen-bond donors (Lipinski definition) is 2. The van der Waals surface area contributed by atoms with Crippen LogP contribution in [0.5, 0.6) is 0 Å². The third kappa shape index (κ3) is 4.27. The zero-order valence-electron chi connectivity index (χ0n) is 18.1. The van der Waals surface area contributed by atoms with Crippen molar-refractivity contribution >= 4 is 46.1 Å². The predicted molar refractivity (Wildman–Crippen MR) is 130 cm³/mol. The monoisotopic (exact) mass is 492 g/mol. The van der Waals surface area contributed by atoms with Crippen LogP contribution in [0.3, 0.4) is 0 Å². The van der Waals surface area contributed by atoms with Crippen LogP contribution in [0.2, 0.25) is 0 Å². The lowest BCUT2D eigenvalue weighted by Crippen LogP contribution is -2.46. The normalized spacial score (nSPS) is 15.8. The second-order valence-corrected chi connectivity index (χ2v) is 9.20. The molecule has 5 rings (SSSR count). The van der Waals surface area contributed by atoms with Crippen molar-refractivity contribution in [2.45, 2.75) is 18.0 Å². The predicted octanol–water partition coefficient (Wildman–Crippen LogP) is 3.84. The number of ether oxygens (including phenoxy) is 1. The van der Waals surface area contributed by atoms with Gasteiger partial charge in [0, 0.05) is 16.3 Å². The summed E-state index contributed by atoms with van der Waals surface area (Å²) >= 11 is 2.86. The fourth-order valence-electron chi connectivity index (χ4n) is 3.69. The molecule has 1 aromatic carbocycles. The molecular formula is C23H20N6O3S2. The van der Waals surface area contributed by atoms with Crippen molar-refractivity contribution in [3.8, 4) is 5.69 Å². The highest BCUT2D eigenvalue weighted by atomic mass is 32.2. The van der Waals surface area contributed by atoms with Crippen molar-refractivity contribution in [3.05, 3.63) is 76.5 Å². The molecule has 4 aromatic rings. The number of esters is 1. The number of para-hydroxylation sites is 1. The molecule has 11 heteroatoms. The van der Waals surface area contributed by atoms with Crippen LogP contribution in [0.25, 0.3) is 16.7 Å². The van der Waals surface area contributed by atoms with Crippen molar-refractivity contribution in [1.29, 1.82) is 0 Å². The Kier molecular flexibility index (Phi) is 6.28. The maximum atomic E-state index is 12.9. The summed E-state index contributed by atoms with van der Waals surface area (Å²) in [6, 6.07) is 12.5. The van der Waals surface area contributed by atoms with E-state index in [1.807, 2.05) is 47.8 Å². The summed E-state index contributed by atoms with van der Waals surface area (Å²) in [5, 5.41) is 13.5. The molecule has 1 aliphatic heterocycles. The van der Waals surface area contributed by atoms with Gasteiger partial charge in [-0.3, -0.25) is 0 Å². The van der Waals surface area contributed by atoms with Crippen molar-refractivity contribution in [2.75, 3.05) is 12.4 Å². The van der Waals surface area contributed by atoms with Gasteiger partial charge in [0.2, 0.25) is 0 Å². The van der Waals surface area contributed by atoms with Crippen molar-refractivity contribution in [3.63, 3.8) is 0 Å². The Morgan fingerprint density at radius 2 is 2.06 bits per heavy atom. The van der Waals surface area contributed by atoms with E-state index in [0.29, 0.717) is 27.7 Å². The summed E-state index contributed by atoms with van der Waals surface area (Å²) in [5.74, 6) is -0.153. The molecule has 34 heavy (non-hydrogen) atoms. The van der Waals surface area contributed by atoms with Crippen LogP contribution in [0.4, 0.5) is 4.79 Å². The number of urea groups is 1. The van der Waals surface area contributed by atoms with Gasteiger partial charge >= 0.3 is 12.0 Å². The number of rotatable bonds is 7. The largest absolute Gasteiger partial charge is 0.463 e. The van der Waals surface area contributed by atoms with E-state index in [0.717, 1.165) is 16.0 Å². The summed E-state index contributed by atoms with van der Waals surface area (Å²) < 4.78 is 7.07. The van der Waals surface area contributed by atoms with E-state index in [2.05, 4.69) is 25.7 Å². The molecule has 9 nitrogen and oxygen atoms in total. The molecule has 0 fully saturated rings. The Labute approximate surface area is 203 Å². The molecule has 3 aromatic heterocycles. The highest BCUT2D eigenvalue weighted by Crippen LogP contribution is 2.33. The average Bonchev–Trinajstić information content (AvgIpc) is 3.53. The summed E-state index contributed by atoms with van der Waals surface area (Å²) in [6.45, 7) is 1.99. The minimum atomic E-state index is -0.574. The lowest BCUT2D eigenvalue weighted by molar-refractivity contribution is -0.139. The van der Waals surface area contributed by atoms with Gasteiger partial charge in [0.15, 0.2) is 5.65 Å². The van der Waals surface area contributed by atoms with Gasteiger partial charge in [-0.25, -0.2) is 24.2 Å². The lowest BCUT2D eigenvalue weighted by atomic mass is 10.0. The van der Waals surface area contributed by atoms with E-state index in [-0.39, 0.29) is 12.6 Å². The molecule has 2 N–H and O–H groups in total.